The van der Waals surface area contributed by atoms with E-state index in [9.17, 15) is 14.0 Å². The fourth-order valence-corrected chi connectivity index (χ4v) is 3.41. The monoisotopic (exact) mass is 365 g/mol. The standard InChI is InChI=1S/C17H17F2N3O4/c1-7-11(20)5-21(7)15-10(18)4-9-14(13(15)19)22(8-2-3-8)6-12(16(9)23)26-17(24)25/h4,6-8,11H,2-3,5,20H2,1H3,(H,24,25)/t7-,11+/m0/s1. The second kappa shape index (κ2) is 5.66. The lowest BCUT2D eigenvalue weighted by atomic mass is 9.97. The van der Waals surface area contributed by atoms with E-state index >= 15 is 4.39 Å². The van der Waals surface area contributed by atoms with Gasteiger partial charge in [0, 0.05) is 24.7 Å². The Kier molecular flexibility index (Phi) is 3.65. The molecule has 1 aromatic carbocycles. The zero-order valence-corrected chi connectivity index (χ0v) is 13.9. The number of rotatable bonds is 3. The number of pyridine rings is 1. The minimum atomic E-state index is -1.66. The maximum absolute atomic E-state index is 15.3. The third-order valence-corrected chi connectivity index (χ3v) is 5.09. The molecular formula is C17H17F2N3O4. The highest BCUT2D eigenvalue weighted by molar-refractivity contribution is 5.86. The van der Waals surface area contributed by atoms with Crippen molar-refractivity contribution in [1.82, 2.24) is 4.57 Å². The molecule has 138 valence electrons. The van der Waals surface area contributed by atoms with Crippen molar-refractivity contribution < 1.29 is 23.4 Å². The summed E-state index contributed by atoms with van der Waals surface area (Å²) in [4.78, 5) is 24.8. The van der Waals surface area contributed by atoms with Crippen LogP contribution in [0.5, 0.6) is 5.75 Å². The van der Waals surface area contributed by atoms with E-state index in [0.29, 0.717) is 6.54 Å². The normalized spacial score (nSPS) is 22.4. The molecule has 26 heavy (non-hydrogen) atoms. The molecule has 9 heteroatoms. The summed E-state index contributed by atoms with van der Waals surface area (Å²) in [5.74, 6) is -2.20. The van der Waals surface area contributed by atoms with Gasteiger partial charge in [0.15, 0.2) is 11.6 Å². The van der Waals surface area contributed by atoms with Crippen molar-refractivity contribution in [3.63, 3.8) is 0 Å². The van der Waals surface area contributed by atoms with Gasteiger partial charge in [0.25, 0.3) is 0 Å². The molecule has 0 spiro atoms. The minimum Gasteiger partial charge on any atom is -0.449 e. The van der Waals surface area contributed by atoms with Crippen molar-refractivity contribution in [3.8, 4) is 5.75 Å². The van der Waals surface area contributed by atoms with Gasteiger partial charge in [-0.3, -0.25) is 4.79 Å². The van der Waals surface area contributed by atoms with Gasteiger partial charge in [-0.25, -0.2) is 13.6 Å². The number of anilines is 1. The molecule has 2 fully saturated rings. The van der Waals surface area contributed by atoms with Crippen molar-refractivity contribution in [3.05, 3.63) is 34.1 Å². The van der Waals surface area contributed by atoms with Gasteiger partial charge < -0.3 is 25.0 Å². The van der Waals surface area contributed by atoms with Crippen LogP contribution in [-0.2, 0) is 0 Å². The van der Waals surface area contributed by atoms with Crippen LogP contribution in [0.25, 0.3) is 10.9 Å². The van der Waals surface area contributed by atoms with Crippen molar-refractivity contribution in [2.45, 2.75) is 37.9 Å². The summed E-state index contributed by atoms with van der Waals surface area (Å²) in [5.41, 5.74) is 4.71. The van der Waals surface area contributed by atoms with E-state index in [-0.39, 0.29) is 34.7 Å². The SMILES string of the molecule is C[C@H]1[C@H](N)CN1c1c(F)cc2c(=O)c(OC(=O)O)cn(C3CC3)c2c1F. The van der Waals surface area contributed by atoms with Crippen LogP contribution in [0.2, 0.25) is 0 Å². The van der Waals surface area contributed by atoms with Crippen molar-refractivity contribution in [1.29, 1.82) is 0 Å². The lowest BCUT2D eigenvalue weighted by Crippen LogP contribution is -2.63. The van der Waals surface area contributed by atoms with Crippen molar-refractivity contribution in [2.75, 3.05) is 11.4 Å². The zero-order chi connectivity index (χ0) is 18.7. The molecule has 1 saturated carbocycles. The third kappa shape index (κ3) is 2.42. The van der Waals surface area contributed by atoms with Crippen molar-refractivity contribution >= 4 is 22.7 Å². The number of carbonyl (C=O) groups is 1. The number of halogens is 2. The molecule has 2 aliphatic rings. The number of aromatic nitrogens is 1. The Bertz CT molecular complexity index is 986. The first-order valence-electron chi connectivity index (χ1n) is 8.29. The van der Waals surface area contributed by atoms with Gasteiger partial charge in [-0.1, -0.05) is 0 Å². The Hall–Kier alpha value is -2.68. The van der Waals surface area contributed by atoms with E-state index < -0.39 is 29.0 Å². The highest BCUT2D eigenvalue weighted by Crippen LogP contribution is 2.41. The van der Waals surface area contributed by atoms with Gasteiger partial charge in [-0.05, 0) is 25.8 Å². The van der Waals surface area contributed by atoms with Crippen LogP contribution in [0.4, 0.5) is 19.3 Å². The summed E-state index contributed by atoms with van der Waals surface area (Å²) in [6.45, 7) is 2.09. The van der Waals surface area contributed by atoms with Crippen LogP contribution in [0.3, 0.4) is 0 Å². The lowest BCUT2D eigenvalue weighted by molar-refractivity contribution is 0.143. The first-order chi connectivity index (χ1) is 12.3. The molecule has 2 atom stereocenters. The molecule has 0 bridgehead atoms. The number of carboxylic acid groups (broad SMARTS) is 1. The number of nitrogens with zero attached hydrogens (tertiary/aromatic N) is 2. The average Bonchev–Trinajstić information content (AvgIpc) is 3.41. The molecule has 2 heterocycles. The van der Waals surface area contributed by atoms with Crippen LogP contribution < -0.4 is 20.8 Å². The van der Waals surface area contributed by atoms with E-state index in [1.165, 1.54) is 15.7 Å². The Morgan fingerprint density at radius 2 is 2.08 bits per heavy atom. The largest absolute Gasteiger partial charge is 0.511 e. The van der Waals surface area contributed by atoms with Gasteiger partial charge in [0.1, 0.15) is 11.5 Å². The Labute approximate surface area is 146 Å². The molecule has 1 aliphatic carbocycles. The van der Waals surface area contributed by atoms with Gasteiger partial charge in [-0.2, -0.15) is 0 Å². The number of ether oxygens (including phenoxy) is 1. The molecule has 1 aliphatic heterocycles. The summed E-state index contributed by atoms with van der Waals surface area (Å²) < 4.78 is 35.9. The number of nitrogens with two attached hydrogens (primary N) is 1. The van der Waals surface area contributed by atoms with E-state index in [2.05, 4.69) is 4.74 Å². The fraction of sp³-hybridized carbons (Fsp3) is 0.412. The topological polar surface area (TPSA) is 97.8 Å². The zero-order valence-electron chi connectivity index (χ0n) is 13.9. The summed E-state index contributed by atoms with van der Waals surface area (Å²) >= 11 is 0. The third-order valence-electron chi connectivity index (χ3n) is 5.09. The van der Waals surface area contributed by atoms with E-state index in [4.69, 9.17) is 10.8 Å². The van der Waals surface area contributed by atoms with Crippen molar-refractivity contribution in [2.24, 2.45) is 5.73 Å². The van der Waals surface area contributed by atoms with Gasteiger partial charge >= 0.3 is 6.16 Å². The molecule has 2 aromatic rings. The Morgan fingerprint density at radius 1 is 1.38 bits per heavy atom. The molecular weight excluding hydrogens is 348 g/mol. The molecule has 1 saturated heterocycles. The highest BCUT2D eigenvalue weighted by Gasteiger charge is 2.38. The smallest absolute Gasteiger partial charge is 0.449 e. The summed E-state index contributed by atoms with van der Waals surface area (Å²) in [7, 11) is 0. The molecule has 3 N–H and O–H groups in total. The van der Waals surface area contributed by atoms with E-state index in [1.54, 1.807) is 6.92 Å². The quantitative estimate of drug-likeness (QED) is 0.810. The summed E-state index contributed by atoms with van der Waals surface area (Å²) in [6.07, 6.45) is 1.03. The van der Waals surface area contributed by atoms with Crippen LogP contribution in [0.15, 0.2) is 17.1 Å². The van der Waals surface area contributed by atoms with Crippen LogP contribution in [-0.4, -0.2) is 34.5 Å². The molecule has 4 rings (SSSR count). The predicted molar refractivity (Wildman–Crippen MR) is 89.8 cm³/mol. The van der Waals surface area contributed by atoms with Crippen LogP contribution in [0, 0.1) is 11.6 Å². The molecule has 7 nitrogen and oxygen atoms in total. The number of fused-ring (bicyclic) bond motifs is 1. The second-order valence-electron chi connectivity index (χ2n) is 6.80. The molecule has 0 unspecified atom stereocenters. The second-order valence-corrected chi connectivity index (χ2v) is 6.80. The van der Waals surface area contributed by atoms with E-state index in [1.807, 2.05) is 0 Å². The molecule has 0 amide bonds. The average molecular weight is 365 g/mol. The van der Waals surface area contributed by atoms with Gasteiger partial charge in [-0.15, -0.1) is 0 Å². The highest BCUT2D eigenvalue weighted by atomic mass is 19.1. The number of benzene rings is 1. The number of hydrogen-bond acceptors (Lipinski definition) is 5. The molecule has 1 aromatic heterocycles. The van der Waals surface area contributed by atoms with Crippen LogP contribution in [0.1, 0.15) is 25.8 Å². The van der Waals surface area contributed by atoms with Gasteiger partial charge in [0.05, 0.1) is 17.1 Å². The first-order valence-corrected chi connectivity index (χ1v) is 8.29. The van der Waals surface area contributed by atoms with Gasteiger partial charge in [0.2, 0.25) is 5.43 Å². The van der Waals surface area contributed by atoms with E-state index in [0.717, 1.165) is 18.9 Å². The summed E-state index contributed by atoms with van der Waals surface area (Å²) in [6, 6.07) is 0.451. The summed E-state index contributed by atoms with van der Waals surface area (Å²) in [5, 5.41) is 8.55. The minimum absolute atomic E-state index is 0.0423. The maximum atomic E-state index is 15.3. The first kappa shape index (κ1) is 16.8. The maximum Gasteiger partial charge on any atom is 0.511 e. The lowest BCUT2D eigenvalue weighted by Gasteiger charge is -2.46. The Balaban J connectivity index is 1.98. The van der Waals surface area contributed by atoms with Crippen LogP contribution >= 0.6 is 0 Å². The molecule has 0 radical (unpaired) electrons. The number of hydrogen-bond donors (Lipinski definition) is 2. The predicted octanol–water partition coefficient (Wildman–Crippen LogP) is 2.21. The fourth-order valence-electron chi connectivity index (χ4n) is 3.41. The Morgan fingerprint density at radius 3 is 2.62 bits per heavy atom.